The van der Waals surface area contributed by atoms with Gasteiger partial charge in [-0.25, -0.2) is 4.79 Å². The highest BCUT2D eigenvalue weighted by Gasteiger charge is 2.12. The summed E-state index contributed by atoms with van der Waals surface area (Å²) in [4.78, 5) is 22.1. The minimum absolute atomic E-state index is 0.0416. The molecule has 3 aromatic rings. The lowest BCUT2D eigenvalue weighted by molar-refractivity contribution is -0.384. The average Bonchev–Trinajstić information content (AvgIpc) is 3.21. The van der Waals surface area contributed by atoms with Crippen LogP contribution in [0.2, 0.25) is 0 Å². The second kappa shape index (κ2) is 9.27. The summed E-state index contributed by atoms with van der Waals surface area (Å²) in [5, 5.41) is 18.3. The molecule has 0 saturated carbocycles. The normalized spacial score (nSPS) is 10.8. The molecule has 0 atom stereocenters. The molecular weight excluding hydrogens is 378 g/mol. The third-order valence-electron chi connectivity index (χ3n) is 3.75. The minimum atomic E-state index is -0.577. The van der Waals surface area contributed by atoms with Crippen LogP contribution in [0.5, 0.6) is 5.75 Å². The monoisotopic (exact) mass is 395 g/mol. The van der Waals surface area contributed by atoms with Crippen molar-refractivity contribution in [2.75, 3.05) is 6.61 Å². The van der Waals surface area contributed by atoms with Crippen LogP contribution in [0.15, 0.2) is 59.0 Å². The van der Waals surface area contributed by atoms with Gasteiger partial charge in [-0.3, -0.25) is 10.1 Å². The molecule has 0 aliphatic heterocycles. The second-order valence-corrected chi connectivity index (χ2v) is 5.72. The molecule has 0 spiro atoms. The quantitative estimate of drug-likeness (QED) is 0.245. The molecule has 0 saturated heterocycles. The Morgan fingerprint density at radius 1 is 1.17 bits per heavy atom. The molecule has 0 radical (unpaired) electrons. The molecule has 0 N–H and O–H groups in total. The average molecular weight is 395 g/mol. The maximum Gasteiger partial charge on any atom is 0.331 e. The van der Waals surface area contributed by atoms with Gasteiger partial charge >= 0.3 is 5.97 Å². The van der Waals surface area contributed by atoms with E-state index in [0.29, 0.717) is 17.9 Å². The van der Waals surface area contributed by atoms with Crippen molar-refractivity contribution in [3.63, 3.8) is 0 Å². The summed E-state index contributed by atoms with van der Waals surface area (Å²) in [5.41, 5.74) is 1.23. The molecule has 0 amide bonds. The molecule has 0 unspecified atom stereocenters. The summed E-state index contributed by atoms with van der Waals surface area (Å²) in [6, 6.07) is 13.0. The number of ether oxygens (including phenoxy) is 2. The zero-order chi connectivity index (χ0) is 20.6. The summed E-state index contributed by atoms with van der Waals surface area (Å²) >= 11 is 0. The molecule has 0 aliphatic carbocycles. The lowest BCUT2D eigenvalue weighted by Gasteiger charge is -2.06. The van der Waals surface area contributed by atoms with Gasteiger partial charge in [0.05, 0.1) is 11.5 Å². The fourth-order valence-electron chi connectivity index (χ4n) is 2.40. The van der Waals surface area contributed by atoms with Crippen LogP contribution in [0.3, 0.4) is 0 Å². The zero-order valence-electron chi connectivity index (χ0n) is 15.5. The number of non-ortho nitro benzene ring substituents is 1. The molecule has 0 fully saturated rings. The molecule has 1 aromatic heterocycles. The Kier molecular flexibility index (Phi) is 6.31. The molecular formula is C20H17N3O6. The van der Waals surface area contributed by atoms with E-state index in [4.69, 9.17) is 13.9 Å². The van der Waals surface area contributed by atoms with E-state index in [0.717, 1.165) is 5.56 Å². The third kappa shape index (κ3) is 5.25. The number of carbonyl (C=O) groups is 1. The number of nitrogens with zero attached hydrogens (tertiary/aromatic N) is 3. The molecule has 1 heterocycles. The van der Waals surface area contributed by atoms with Crippen molar-refractivity contribution in [3.05, 3.63) is 76.2 Å². The number of rotatable bonds is 8. The Morgan fingerprint density at radius 3 is 2.66 bits per heavy atom. The standard InChI is InChI=1S/C20H17N3O6/c1-2-27-17-6-4-3-5-14(17)9-12-19(24)28-13-18-21-22-20(29-18)15-7-10-16(11-8-15)23(25)26/h3-12H,2,13H2,1H3/b12-9+. The first-order valence-corrected chi connectivity index (χ1v) is 8.70. The fraction of sp³-hybridized carbons (Fsp3) is 0.150. The highest BCUT2D eigenvalue weighted by atomic mass is 16.6. The number of carbonyl (C=O) groups excluding carboxylic acids is 1. The number of hydrogen-bond acceptors (Lipinski definition) is 8. The minimum Gasteiger partial charge on any atom is -0.493 e. The molecule has 9 heteroatoms. The van der Waals surface area contributed by atoms with Crippen LogP contribution in [0.4, 0.5) is 5.69 Å². The van der Waals surface area contributed by atoms with Crippen LogP contribution < -0.4 is 4.74 Å². The van der Waals surface area contributed by atoms with Gasteiger partial charge in [0.15, 0.2) is 6.61 Å². The van der Waals surface area contributed by atoms with Crippen LogP contribution in [0, 0.1) is 10.1 Å². The van der Waals surface area contributed by atoms with Crippen LogP contribution >= 0.6 is 0 Å². The number of aromatic nitrogens is 2. The van der Waals surface area contributed by atoms with Crippen LogP contribution in [-0.2, 0) is 16.1 Å². The lowest BCUT2D eigenvalue weighted by Crippen LogP contribution is -2.01. The largest absolute Gasteiger partial charge is 0.493 e. The Hall–Kier alpha value is -4.01. The first-order valence-electron chi connectivity index (χ1n) is 8.70. The number of hydrogen-bond donors (Lipinski definition) is 0. The maximum absolute atomic E-state index is 11.9. The Balaban J connectivity index is 1.58. The molecule has 29 heavy (non-hydrogen) atoms. The van der Waals surface area contributed by atoms with Crippen molar-refractivity contribution in [1.82, 2.24) is 10.2 Å². The Bertz CT molecular complexity index is 1030. The summed E-state index contributed by atoms with van der Waals surface area (Å²) in [6.07, 6.45) is 2.88. The van der Waals surface area contributed by atoms with Crippen molar-refractivity contribution in [3.8, 4) is 17.2 Å². The summed E-state index contributed by atoms with van der Waals surface area (Å²) in [7, 11) is 0. The lowest BCUT2D eigenvalue weighted by atomic mass is 10.2. The highest BCUT2D eigenvalue weighted by molar-refractivity contribution is 5.87. The molecule has 0 aliphatic rings. The smallest absolute Gasteiger partial charge is 0.331 e. The van der Waals surface area contributed by atoms with Gasteiger partial charge in [-0.15, -0.1) is 10.2 Å². The first-order chi connectivity index (χ1) is 14.1. The van der Waals surface area contributed by atoms with E-state index >= 15 is 0 Å². The first kappa shape index (κ1) is 19.7. The number of nitro groups is 1. The molecule has 2 aromatic carbocycles. The SMILES string of the molecule is CCOc1ccccc1/C=C/C(=O)OCc1nnc(-c2ccc([N+](=O)[O-])cc2)o1. The predicted octanol–water partition coefficient (Wildman–Crippen LogP) is 3.80. The summed E-state index contributed by atoms with van der Waals surface area (Å²) in [6.45, 7) is 2.20. The van der Waals surface area contributed by atoms with E-state index in [2.05, 4.69) is 10.2 Å². The van der Waals surface area contributed by atoms with E-state index in [1.807, 2.05) is 31.2 Å². The van der Waals surface area contributed by atoms with Crippen molar-refractivity contribution >= 4 is 17.7 Å². The van der Waals surface area contributed by atoms with Gasteiger partial charge < -0.3 is 13.9 Å². The highest BCUT2D eigenvalue weighted by Crippen LogP contribution is 2.22. The van der Waals surface area contributed by atoms with E-state index < -0.39 is 10.9 Å². The van der Waals surface area contributed by atoms with Gasteiger partial charge in [-0.1, -0.05) is 18.2 Å². The Labute approximate surface area is 165 Å². The van der Waals surface area contributed by atoms with Gasteiger partial charge in [0.1, 0.15) is 5.75 Å². The predicted molar refractivity (Wildman–Crippen MR) is 103 cm³/mol. The summed E-state index contributed by atoms with van der Waals surface area (Å²) < 4.78 is 16.0. The Morgan fingerprint density at radius 2 is 1.93 bits per heavy atom. The maximum atomic E-state index is 11.9. The van der Waals surface area contributed by atoms with Crippen molar-refractivity contribution in [1.29, 1.82) is 0 Å². The van der Waals surface area contributed by atoms with Crippen LogP contribution in [0.25, 0.3) is 17.5 Å². The van der Waals surface area contributed by atoms with E-state index in [1.165, 1.54) is 30.3 Å². The summed E-state index contributed by atoms with van der Waals surface area (Å²) in [5.74, 6) is 0.372. The molecule has 0 bridgehead atoms. The molecule has 3 rings (SSSR count). The number of para-hydroxylation sites is 1. The number of benzene rings is 2. The van der Waals surface area contributed by atoms with Crippen LogP contribution in [0.1, 0.15) is 18.4 Å². The van der Waals surface area contributed by atoms with Crippen molar-refractivity contribution < 1.29 is 23.6 Å². The van der Waals surface area contributed by atoms with Crippen molar-refractivity contribution in [2.45, 2.75) is 13.5 Å². The number of esters is 1. The van der Waals surface area contributed by atoms with Gasteiger partial charge in [0.2, 0.25) is 5.89 Å². The topological polar surface area (TPSA) is 118 Å². The van der Waals surface area contributed by atoms with Crippen LogP contribution in [-0.4, -0.2) is 27.7 Å². The molecule has 9 nitrogen and oxygen atoms in total. The molecule has 148 valence electrons. The third-order valence-corrected chi connectivity index (χ3v) is 3.75. The second-order valence-electron chi connectivity index (χ2n) is 5.72. The fourth-order valence-corrected chi connectivity index (χ4v) is 2.40. The van der Waals surface area contributed by atoms with E-state index in [9.17, 15) is 14.9 Å². The van der Waals surface area contributed by atoms with Gasteiger partial charge in [-0.05, 0) is 31.2 Å². The number of nitro benzene ring substituents is 1. The van der Waals surface area contributed by atoms with Gasteiger partial charge in [-0.2, -0.15) is 0 Å². The van der Waals surface area contributed by atoms with E-state index in [1.54, 1.807) is 6.08 Å². The zero-order valence-corrected chi connectivity index (χ0v) is 15.5. The van der Waals surface area contributed by atoms with Gasteiger partial charge in [0.25, 0.3) is 11.6 Å². The van der Waals surface area contributed by atoms with E-state index in [-0.39, 0.29) is 24.1 Å². The van der Waals surface area contributed by atoms with Gasteiger partial charge in [0, 0.05) is 29.3 Å². The van der Waals surface area contributed by atoms with Crippen molar-refractivity contribution in [2.24, 2.45) is 0 Å².